The first-order valence-corrected chi connectivity index (χ1v) is 11.5. The third-order valence-corrected chi connectivity index (χ3v) is 9.41. The maximum atomic E-state index is 17.0. The maximum absolute atomic E-state index is 17.0. The Kier molecular flexibility index (Phi) is 4.94. The summed E-state index contributed by atoms with van der Waals surface area (Å²) >= 11 is 0.696. The van der Waals surface area contributed by atoms with Gasteiger partial charge >= 0.3 is 0 Å². The summed E-state index contributed by atoms with van der Waals surface area (Å²) in [5.41, 5.74) is -2.72. The van der Waals surface area contributed by atoms with Crippen LogP contribution in [0, 0.1) is 40.4 Å². The summed E-state index contributed by atoms with van der Waals surface area (Å²) in [5, 5.41) is 11.1. The van der Waals surface area contributed by atoms with Crippen molar-refractivity contribution in [2.45, 2.75) is 58.7 Å². The number of aliphatic hydroxyl groups is 1. The van der Waals surface area contributed by atoms with E-state index in [1.54, 1.807) is 19.1 Å². The van der Waals surface area contributed by atoms with E-state index in [2.05, 4.69) is 0 Å². The number of hydrogen-bond donors (Lipinski definition) is 1. The normalized spacial score (nSPS) is 51.1. The second-order valence-electron chi connectivity index (χ2n) is 10.1. The first kappa shape index (κ1) is 21.2. The van der Waals surface area contributed by atoms with E-state index in [1.165, 1.54) is 6.08 Å². The SMILES string of the molecule is C[C@@H]1CC2C3C[C@H](C)C4=CC(=O)C=CC4(C)[C@@]3(F)C(O)CC2(C)C1C(=O)SCF. The van der Waals surface area contributed by atoms with Crippen molar-refractivity contribution < 1.29 is 23.5 Å². The highest BCUT2D eigenvalue weighted by Crippen LogP contribution is 2.70. The zero-order valence-corrected chi connectivity index (χ0v) is 18.3. The second kappa shape index (κ2) is 6.74. The lowest BCUT2D eigenvalue weighted by Crippen LogP contribution is -2.67. The molecule has 9 atom stereocenters. The van der Waals surface area contributed by atoms with Crippen molar-refractivity contribution in [1.82, 2.24) is 0 Å². The quantitative estimate of drug-likeness (QED) is 0.701. The minimum Gasteiger partial charge on any atom is -0.390 e. The van der Waals surface area contributed by atoms with Crippen molar-refractivity contribution in [1.29, 1.82) is 0 Å². The minimum atomic E-state index is -1.89. The van der Waals surface area contributed by atoms with Crippen LogP contribution in [0.3, 0.4) is 0 Å². The largest absolute Gasteiger partial charge is 0.390 e. The Morgan fingerprint density at radius 1 is 1.28 bits per heavy atom. The number of thioether (sulfide) groups is 1. The molecule has 0 amide bonds. The number of ketones is 1. The first-order valence-electron chi connectivity index (χ1n) is 10.6. The fourth-order valence-corrected chi connectivity index (χ4v) is 8.40. The van der Waals surface area contributed by atoms with E-state index in [4.69, 9.17) is 0 Å². The lowest BCUT2D eigenvalue weighted by Gasteiger charge is -2.63. The minimum absolute atomic E-state index is 0.0163. The fourth-order valence-electron chi connectivity index (χ4n) is 7.61. The number of halogens is 2. The number of carbonyl (C=O) groups is 2. The van der Waals surface area contributed by atoms with Crippen molar-refractivity contribution in [3.8, 4) is 0 Å². The number of alkyl halides is 2. The molecule has 1 N–H and O–H groups in total. The van der Waals surface area contributed by atoms with E-state index in [0.717, 1.165) is 5.57 Å². The summed E-state index contributed by atoms with van der Waals surface area (Å²) in [6.07, 6.45) is 4.79. The molecule has 6 unspecified atom stereocenters. The molecule has 0 aromatic carbocycles. The van der Waals surface area contributed by atoms with Gasteiger partial charge in [-0.15, -0.1) is 0 Å². The molecule has 0 aromatic heterocycles. The molecule has 3 fully saturated rings. The molecule has 0 aromatic rings. The zero-order chi connectivity index (χ0) is 21.4. The summed E-state index contributed by atoms with van der Waals surface area (Å²) in [6.45, 7) is 7.81. The molecule has 0 heterocycles. The molecular formula is C23H30F2O3S. The zero-order valence-electron chi connectivity index (χ0n) is 17.5. The molecule has 4 aliphatic rings. The first-order chi connectivity index (χ1) is 13.5. The van der Waals surface area contributed by atoms with Crippen LogP contribution in [0.15, 0.2) is 23.8 Å². The van der Waals surface area contributed by atoms with Crippen molar-refractivity contribution in [3.05, 3.63) is 23.8 Å². The predicted molar refractivity (Wildman–Crippen MR) is 110 cm³/mol. The highest BCUT2D eigenvalue weighted by molar-refractivity contribution is 8.13. The van der Waals surface area contributed by atoms with Gasteiger partial charge in [0.05, 0.1) is 6.10 Å². The Balaban J connectivity index is 1.80. The van der Waals surface area contributed by atoms with Gasteiger partial charge < -0.3 is 5.11 Å². The molecule has 3 nitrogen and oxygen atoms in total. The van der Waals surface area contributed by atoms with Crippen LogP contribution in [0.25, 0.3) is 0 Å². The summed E-state index contributed by atoms with van der Waals surface area (Å²) in [5.74, 6) is -0.952. The number of hydrogen-bond acceptors (Lipinski definition) is 4. The molecule has 0 bridgehead atoms. The molecule has 0 radical (unpaired) electrons. The van der Waals surface area contributed by atoms with Gasteiger partial charge in [0.1, 0.15) is 6.01 Å². The number of allylic oxidation sites excluding steroid dienone is 4. The van der Waals surface area contributed by atoms with Crippen LogP contribution in [0.2, 0.25) is 0 Å². The van der Waals surface area contributed by atoms with Crippen LogP contribution in [0.4, 0.5) is 8.78 Å². The molecular weight excluding hydrogens is 394 g/mol. The van der Waals surface area contributed by atoms with Crippen molar-refractivity contribution >= 4 is 22.7 Å². The number of aliphatic hydroxyl groups excluding tert-OH is 1. The average Bonchev–Trinajstić information content (AvgIpc) is 2.90. The Bertz CT molecular complexity index is 810. The van der Waals surface area contributed by atoms with E-state index < -0.39 is 34.5 Å². The van der Waals surface area contributed by atoms with Crippen molar-refractivity contribution in [2.24, 2.45) is 40.4 Å². The lowest BCUT2D eigenvalue weighted by molar-refractivity contribution is -0.199. The summed E-state index contributed by atoms with van der Waals surface area (Å²) in [7, 11) is 0. The van der Waals surface area contributed by atoms with Gasteiger partial charge in [0.25, 0.3) is 0 Å². The predicted octanol–water partition coefficient (Wildman–Crippen LogP) is 4.65. The van der Waals surface area contributed by atoms with Crippen LogP contribution >= 0.6 is 11.8 Å². The van der Waals surface area contributed by atoms with E-state index in [-0.39, 0.29) is 41.0 Å². The molecule has 3 saturated carbocycles. The monoisotopic (exact) mass is 424 g/mol. The second-order valence-corrected chi connectivity index (χ2v) is 11.1. The third-order valence-electron chi connectivity index (χ3n) is 8.76. The molecule has 4 aliphatic carbocycles. The highest BCUT2D eigenvalue weighted by Gasteiger charge is 2.72. The molecule has 29 heavy (non-hydrogen) atoms. The average molecular weight is 425 g/mol. The van der Waals surface area contributed by atoms with Gasteiger partial charge in [-0.3, -0.25) is 9.59 Å². The number of rotatable bonds is 2. The molecule has 160 valence electrons. The summed E-state index contributed by atoms with van der Waals surface area (Å²) < 4.78 is 29.9. The highest BCUT2D eigenvalue weighted by atomic mass is 32.2. The van der Waals surface area contributed by atoms with Gasteiger partial charge in [0.2, 0.25) is 0 Å². The van der Waals surface area contributed by atoms with E-state index in [1.807, 2.05) is 20.8 Å². The fraction of sp³-hybridized carbons (Fsp3) is 0.739. The molecule has 6 heteroatoms. The van der Waals surface area contributed by atoms with Gasteiger partial charge in [-0.1, -0.05) is 44.2 Å². The molecule has 0 spiro atoms. The van der Waals surface area contributed by atoms with E-state index in [9.17, 15) is 19.1 Å². The summed E-state index contributed by atoms with van der Waals surface area (Å²) in [6, 6.07) is -0.760. The van der Waals surface area contributed by atoms with Crippen LogP contribution in [0.1, 0.15) is 47.0 Å². The van der Waals surface area contributed by atoms with E-state index in [0.29, 0.717) is 24.6 Å². The number of fused-ring (bicyclic) bond motifs is 5. The van der Waals surface area contributed by atoms with Gasteiger partial charge in [0.15, 0.2) is 16.6 Å². The lowest BCUT2D eigenvalue weighted by atomic mass is 9.44. The molecule has 4 rings (SSSR count). The van der Waals surface area contributed by atoms with Crippen LogP contribution in [-0.4, -0.2) is 33.8 Å². The Labute approximate surface area is 175 Å². The molecule has 0 saturated heterocycles. The van der Waals surface area contributed by atoms with Crippen LogP contribution in [0.5, 0.6) is 0 Å². The smallest absolute Gasteiger partial charge is 0.195 e. The Morgan fingerprint density at radius 2 is 1.97 bits per heavy atom. The van der Waals surface area contributed by atoms with Crippen LogP contribution < -0.4 is 0 Å². The van der Waals surface area contributed by atoms with Gasteiger partial charge in [-0.05, 0) is 61.5 Å². The molecule has 0 aliphatic heterocycles. The van der Waals surface area contributed by atoms with Crippen molar-refractivity contribution in [2.75, 3.05) is 6.01 Å². The van der Waals surface area contributed by atoms with Gasteiger partial charge in [-0.2, -0.15) is 0 Å². The Hall–Kier alpha value is -1.01. The van der Waals surface area contributed by atoms with Gasteiger partial charge in [-0.25, -0.2) is 8.78 Å². The topological polar surface area (TPSA) is 54.4 Å². The van der Waals surface area contributed by atoms with Crippen LogP contribution in [-0.2, 0) is 9.59 Å². The third kappa shape index (κ3) is 2.63. The van der Waals surface area contributed by atoms with Crippen molar-refractivity contribution in [3.63, 3.8) is 0 Å². The maximum Gasteiger partial charge on any atom is 0.195 e. The standard InChI is InChI=1S/C23H30F2O3S/c1-12-7-17-16-8-13(2)19(20(28)29-11-24)21(16,3)10-18(27)23(17,25)22(4)6-5-14(26)9-15(12)22/h5-6,9,12-13,16-19,27H,7-8,10-11H2,1-4H3/t12-,13+,16?,17?,18?,19?,21?,22?,23-/m0/s1. The van der Waals surface area contributed by atoms with E-state index >= 15 is 4.39 Å². The number of carbonyl (C=O) groups excluding carboxylic acids is 2. The Morgan fingerprint density at radius 3 is 2.62 bits per heavy atom. The van der Waals surface area contributed by atoms with Gasteiger partial charge in [0, 0.05) is 17.3 Å². The summed E-state index contributed by atoms with van der Waals surface area (Å²) in [4.78, 5) is 24.7.